The number of para-hydroxylation sites is 1. The van der Waals surface area contributed by atoms with Crippen LogP contribution in [0.3, 0.4) is 0 Å². The topological polar surface area (TPSA) is 42.7 Å². The second kappa shape index (κ2) is 5.87. The van der Waals surface area contributed by atoms with Crippen LogP contribution in [0, 0.1) is 5.92 Å². The van der Waals surface area contributed by atoms with Gasteiger partial charge in [0.05, 0.1) is 10.7 Å². The Morgan fingerprint density at radius 2 is 2.22 bits per heavy atom. The first kappa shape index (κ1) is 12.9. The Bertz CT molecular complexity index is 494. The molecule has 0 bridgehead atoms. The van der Waals surface area contributed by atoms with Crippen molar-refractivity contribution in [2.24, 2.45) is 5.92 Å². The molecule has 1 aromatic heterocycles. The molecule has 0 unspecified atom stereocenters. The third kappa shape index (κ3) is 3.01. The van der Waals surface area contributed by atoms with Crippen molar-refractivity contribution in [3.05, 3.63) is 35.9 Å². The number of nitrogens with zero attached hydrogens (tertiary/aromatic N) is 3. The summed E-state index contributed by atoms with van der Waals surface area (Å²) >= 11 is 6.23. The van der Waals surface area contributed by atoms with Crippen LogP contribution in [0.4, 0.5) is 5.69 Å². The van der Waals surface area contributed by atoms with Crippen molar-refractivity contribution in [1.82, 2.24) is 14.8 Å². The molecule has 4 nitrogen and oxygen atoms in total. The number of rotatable bonds is 5. The standard InChI is InChI=1S/C13H17ClN4/c1-10(2)6-7-16-12-5-3-4-11(14)13(12)18-9-15-8-17-18/h3-5,8-10,16H,6-7H2,1-2H3. The summed E-state index contributed by atoms with van der Waals surface area (Å²) in [7, 11) is 0. The summed E-state index contributed by atoms with van der Waals surface area (Å²) in [5.41, 5.74) is 1.83. The fourth-order valence-corrected chi connectivity index (χ4v) is 1.97. The number of aromatic nitrogens is 3. The van der Waals surface area contributed by atoms with E-state index in [9.17, 15) is 0 Å². The minimum absolute atomic E-state index is 0.662. The molecule has 0 saturated carbocycles. The molecule has 1 heterocycles. The second-order valence-corrected chi connectivity index (χ2v) is 4.99. The maximum atomic E-state index is 6.23. The highest BCUT2D eigenvalue weighted by molar-refractivity contribution is 6.33. The summed E-state index contributed by atoms with van der Waals surface area (Å²) in [6.45, 7) is 5.33. The average molecular weight is 265 g/mol. The van der Waals surface area contributed by atoms with Gasteiger partial charge < -0.3 is 5.32 Å². The Kier molecular flexibility index (Phi) is 4.20. The number of benzene rings is 1. The van der Waals surface area contributed by atoms with Crippen molar-refractivity contribution in [2.45, 2.75) is 20.3 Å². The first-order valence-electron chi connectivity index (χ1n) is 6.06. The van der Waals surface area contributed by atoms with E-state index < -0.39 is 0 Å². The third-order valence-electron chi connectivity index (χ3n) is 2.67. The lowest BCUT2D eigenvalue weighted by Crippen LogP contribution is -2.08. The summed E-state index contributed by atoms with van der Waals surface area (Å²) < 4.78 is 1.68. The van der Waals surface area contributed by atoms with Gasteiger partial charge in [-0.25, -0.2) is 9.67 Å². The molecule has 96 valence electrons. The molecule has 2 rings (SSSR count). The second-order valence-electron chi connectivity index (χ2n) is 4.59. The maximum absolute atomic E-state index is 6.23. The first-order valence-corrected chi connectivity index (χ1v) is 6.43. The van der Waals surface area contributed by atoms with Gasteiger partial charge in [-0.15, -0.1) is 0 Å². The summed E-state index contributed by atoms with van der Waals surface area (Å²) in [5, 5.41) is 8.19. The Balaban J connectivity index is 2.22. The average Bonchev–Trinajstić information content (AvgIpc) is 2.82. The van der Waals surface area contributed by atoms with Gasteiger partial charge in [-0.2, -0.15) is 5.10 Å². The lowest BCUT2D eigenvalue weighted by atomic mass is 10.1. The monoisotopic (exact) mass is 264 g/mol. The van der Waals surface area contributed by atoms with Crippen LogP contribution in [-0.4, -0.2) is 21.3 Å². The van der Waals surface area contributed by atoms with Crippen LogP contribution >= 0.6 is 11.6 Å². The third-order valence-corrected chi connectivity index (χ3v) is 2.98. The Morgan fingerprint density at radius 3 is 2.89 bits per heavy atom. The van der Waals surface area contributed by atoms with E-state index in [1.807, 2.05) is 18.2 Å². The zero-order chi connectivity index (χ0) is 13.0. The van der Waals surface area contributed by atoms with Crippen LogP contribution in [0.1, 0.15) is 20.3 Å². The van der Waals surface area contributed by atoms with Crippen molar-refractivity contribution >= 4 is 17.3 Å². The Hall–Kier alpha value is -1.55. The molecule has 0 fully saturated rings. The molecule has 18 heavy (non-hydrogen) atoms. The van der Waals surface area contributed by atoms with Crippen LogP contribution < -0.4 is 5.32 Å². The van der Waals surface area contributed by atoms with Gasteiger partial charge in [0, 0.05) is 6.54 Å². The van der Waals surface area contributed by atoms with Gasteiger partial charge in [-0.05, 0) is 24.5 Å². The minimum Gasteiger partial charge on any atom is -0.383 e. The number of nitrogens with one attached hydrogen (secondary N) is 1. The van der Waals surface area contributed by atoms with Crippen LogP contribution in [0.25, 0.3) is 5.69 Å². The van der Waals surface area contributed by atoms with E-state index >= 15 is 0 Å². The molecule has 0 aliphatic heterocycles. The van der Waals surface area contributed by atoms with Crippen molar-refractivity contribution in [1.29, 1.82) is 0 Å². The van der Waals surface area contributed by atoms with Crippen molar-refractivity contribution in [3.8, 4) is 5.69 Å². The molecule has 1 aromatic carbocycles. The van der Waals surface area contributed by atoms with E-state index in [4.69, 9.17) is 11.6 Å². The van der Waals surface area contributed by atoms with Crippen LogP contribution in [-0.2, 0) is 0 Å². The van der Waals surface area contributed by atoms with E-state index in [0.29, 0.717) is 10.9 Å². The summed E-state index contributed by atoms with van der Waals surface area (Å²) in [5.74, 6) is 0.673. The van der Waals surface area contributed by atoms with Gasteiger partial charge in [0.1, 0.15) is 18.3 Å². The predicted octanol–water partition coefficient (Wildman–Crippen LogP) is 3.38. The molecular formula is C13H17ClN4. The number of hydrogen-bond donors (Lipinski definition) is 1. The van der Waals surface area contributed by atoms with E-state index in [1.165, 1.54) is 6.33 Å². The van der Waals surface area contributed by atoms with Crippen LogP contribution in [0.5, 0.6) is 0 Å². The highest BCUT2D eigenvalue weighted by Gasteiger charge is 2.09. The maximum Gasteiger partial charge on any atom is 0.138 e. The quantitative estimate of drug-likeness (QED) is 0.900. The zero-order valence-electron chi connectivity index (χ0n) is 10.6. The zero-order valence-corrected chi connectivity index (χ0v) is 11.4. The molecule has 0 aliphatic carbocycles. The highest BCUT2D eigenvalue weighted by atomic mass is 35.5. The molecule has 0 radical (unpaired) electrons. The summed E-state index contributed by atoms with van der Waals surface area (Å²) in [4.78, 5) is 3.95. The largest absolute Gasteiger partial charge is 0.383 e. The summed E-state index contributed by atoms with van der Waals surface area (Å²) in [6, 6.07) is 5.79. The molecular weight excluding hydrogens is 248 g/mol. The predicted molar refractivity (Wildman–Crippen MR) is 74.3 cm³/mol. The molecule has 0 saturated heterocycles. The Labute approximate surface area is 112 Å². The van der Waals surface area contributed by atoms with Crippen LogP contribution in [0.2, 0.25) is 5.02 Å². The fraction of sp³-hybridized carbons (Fsp3) is 0.385. The van der Waals surface area contributed by atoms with Gasteiger partial charge in [0.25, 0.3) is 0 Å². The summed E-state index contributed by atoms with van der Waals surface area (Å²) in [6.07, 6.45) is 4.26. The molecule has 5 heteroatoms. The first-order chi connectivity index (χ1) is 8.68. The molecule has 1 N–H and O–H groups in total. The van der Waals surface area contributed by atoms with E-state index in [0.717, 1.165) is 24.3 Å². The molecule has 2 aromatic rings. The number of halogens is 1. The Morgan fingerprint density at radius 1 is 1.39 bits per heavy atom. The lowest BCUT2D eigenvalue weighted by Gasteiger charge is -2.13. The SMILES string of the molecule is CC(C)CCNc1cccc(Cl)c1-n1cncn1. The van der Waals surface area contributed by atoms with Gasteiger partial charge in [-0.1, -0.05) is 31.5 Å². The van der Waals surface area contributed by atoms with Gasteiger partial charge in [-0.3, -0.25) is 0 Å². The number of anilines is 1. The number of hydrogen-bond acceptors (Lipinski definition) is 3. The minimum atomic E-state index is 0.662. The fourth-order valence-electron chi connectivity index (χ4n) is 1.71. The molecule has 0 atom stereocenters. The van der Waals surface area contributed by atoms with Gasteiger partial charge >= 0.3 is 0 Å². The molecule has 0 spiro atoms. The van der Waals surface area contributed by atoms with Gasteiger partial charge in [0.15, 0.2) is 0 Å². The van der Waals surface area contributed by atoms with Crippen molar-refractivity contribution in [3.63, 3.8) is 0 Å². The van der Waals surface area contributed by atoms with E-state index in [-0.39, 0.29) is 0 Å². The normalized spacial score (nSPS) is 10.9. The van der Waals surface area contributed by atoms with E-state index in [2.05, 4.69) is 29.2 Å². The lowest BCUT2D eigenvalue weighted by molar-refractivity contribution is 0.607. The van der Waals surface area contributed by atoms with Crippen molar-refractivity contribution in [2.75, 3.05) is 11.9 Å². The van der Waals surface area contributed by atoms with Crippen molar-refractivity contribution < 1.29 is 0 Å². The van der Waals surface area contributed by atoms with Gasteiger partial charge in [0.2, 0.25) is 0 Å². The highest BCUT2D eigenvalue weighted by Crippen LogP contribution is 2.27. The van der Waals surface area contributed by atoms with E-state index in [1.54, 1.807) is 11.0 Å². The van der Waals surface area contributed by atoms with Crippen LogP contribution in [0.15, 0.2) is 30.9 Å². The smallest absolute Gasteiger partial charge is 0.138 e. The molecule has 0 aliphatic rings. The molecule has 0 amide bonds.